The van der Waals surface area contributed by atoms with Gasteiger partial charge in [-0.2, -0.15) is 21.6 Å². The van der Waals surface area contributed by atoms with E-state index >= 15 is 0 Å². The second kappa shape index (κ2) is 6.08. The molecule has 0 saturated carbocycles. The van der Waals surface area contributed by atoms with Gasteiger partial charge in [0.2, 0.25) is 5.91 Å². The van der Waals surface area contributed by atoms with Crippen LogP contribution in [0.2, 0.25) is 0 Å². The van der Waals surface area contributed by atoms with Crippen molar-refractivity contribution in [2.75, 3.05) is 13.1 Å². The molecule has 9 heteroatoms. The fourth-order valence-corrected chi connectivity index (χ4v) is 2.67. The molecule has 0 bridgehead atoms. The van der Waals surface area contributed by atoms with Crippen LogP contribution >= 0.6 is 0 Å². The number of carbonyl (C=O) groups excluding carboxylic acids is 1. The van der Waals surface area contributed by atoms with E-state index in [9.17, 15) is 26.4 Å². The van der Waals surface area contributed by atoms with Crippen LogP contribution in [0.15, 0.2) is 0 Å². The zero-order valence-electron chi connectivity index (χ0n) is 10.5. The van der Waals surface area contributed by atoms with E-state index in [-0.39, 0.29) is 13.0 Å². The highest BCUT2D eigenvalue weighted by molar-refractivity contribution is 7.90. The molecule has 1 saturated heterocycles. The number of carbonyl (C=O) groups is 1. The van der Waals surface area contributed by atoms with Gasteiger partial charge in [-0.15, -0.1) is 0 Å². The molecule has 0 spiro atoms. The number of rotatable bonds is 5. The number of nitrogens with zero attached hydrogens (tertiary/aromatic N) is 1. The smallest absolute Gasteiger partial charge is 0.300 e. The summed E-state index contributed by atoms with van der Waals surface area (Å²) in [6.07, 6.45) is 2.63. The van der Waals surface area contributed by atoms with Crippen LogP contribution in [0.25, 0.3) is 0 Å². The Morgan fingerprint density at radius 2 is 2.05 bits per heavy atom. The molecule has 1 atom stereocenters. The van der Waals surface area contributed by atoms with Crippen molar-refractivity contribution in [2.45, 2.75) is 44.2 Å². The molecule has 0 aliphatic carbocycles. The molecule has 0 aromatic carbocycles. The third kappa shape index (κ3) is 4.34. The zero-order chi connectivity index (χ0) is 14.7. The third-order valence-corrected chi connectivity index (χ3v) is 4.26. The molecule has 1 aliphatic heterocycles. The van der Waals surface area contributed by atoms with Gasteiger partial charge < -0.3 is 0 Å². The van der Waals surface area contributed by atoms with Crippen molar-refractivity contribution in [1.29, 1.82) is 0 Å². The van der Waals surface area contributed by atoms with Crippen molar-refractivity contribution in [3.8, 4) is 0 Å². The highest BCUT2D eigenvalue weighted by Crippen LogP contribution is 2.22. The lowest BCUT2D eigenvalue weighted by molar-refractivity contribution is -0.120. The van der Waals surface area contributed by atoms with E-state index in [1.54, 1.807) is 0 Å². The van der Waals surface area contributed by atoms with Crippen molar-refractivity contribution >= 4 is 15.9 Å². The van der Waals surface area contributed by atoms with E-state index in [4.69, 9.17) is 0 Å². The van der Waals surface area contributed by atoms with E-state index in [2.05, 4.69) is 0 Å². The van der Waals surface area contributed by atoms with Gasteiger partial charge in [-0.3, -0.25) is 9.69 Å². The SMILES string of the molecule is CC[C@@H]1CCCN1CCC(=O)NS(=O)(=O)C(F)(F)F. The predicted octanol–water partition coefficient (Wildman–Crippen LogP) is 1.22. The van der Waals surface area contributed by atoms with Crippen molar-refractivity contribution in [1.82, 2.24) is 9.62 Å². The summed E-state index contributed by atoms with van der Waals surface area (Å²) in [7, 11) is -5.58. The van der Waals surface area contributed by atoms with Gasteiger partial charge in [0.05, 0.1) is 0 Å². The first kappa shape index (κ1) is 16.2. The molecule has 5 nitrogen and oxygen atoms in total. The van der Waals surface area contributed by atoms with E-state index in [0.29, 0.717) is 6.04 Å². The minimum Gasteiger partial charge on any atom is -0.300 e. The van der Waals surface area contributed by atoms with Crippen LogP contribution in [-0.2, 0) is 14.8 Å². The number of halogens is 3. The molecule has 19 heavy (non-hydrogen) atoms. The molecule has 1 N–H and O–H groups in total. The summed E-state index contributed by atoms with van der Waals surface area (Å²) in [6, 6.07) is 0.326. The van der Waals surface area contributed by atoms with E-state index in [1.807, 2.05) is 11.8 Å². The van der Waals surface area contributed by atoms with Crippen LogP contribution in [0.3, 0.4) is 0 Å². The summed E-state index contributed by atoms with van der Waals surface area (Å²) < 4.78 is 58.6. The number of hydrogen-bond donors (Lipinski definition) is 1. The van der Waals surface area contributed by atoms with Crippen LogP contribution in [0.1, 0.15) is 32.6 Å². The Balaban J connectivity index is 2.45. The maximum Gasteiger partial charge on any atom is 0.516 e. The summed E-state index contributed by atoms with van der Waals surface area (Å²) in [5.41, 5.74) is -5.46. The first-order valence-electron chi connectivity index (χ1n) is 6.03. The third-order valence-electron chi connectivity index (χ3n) is 3.15. The Kier molecular flexibility index (Phi) is 5.19. The summed E-state index contributed by atoms with van der Waals surface area (Å²) in [4.78, 5) is 13.2. The van der Waals surface area contributed by atoms with Crippen LogP contribution in [0, 0.1) is 0 Å². The molecule has 1 amide bonds. The average Bonchev–Trinajstić information content (AvgIpc) is 2.71. The van der Waals surface area contributed by atoms with Gasteiger partial charge in [0.15, 0.2) is 0 Å². The van der Waals surface area contributed by atoms with Gasteiger partial charge in [-0.25, -0.2) is 4.72 Å². The standard InChI is InChI=1S/C10H17F3N2O3S/c1-2-8-4-3-6-15(8)7-5-9(16)14-19(17,18)10(11,12)13/h8H,2-7H2,1H3,(H,14,16)/t8-/m1/s1. The van der Waals surface area contributed by atoms with E-state index in [1.165, 1.54) is 0 Å². The van der Waals surface area contributed by atoms with Crippen LogP contribution < -0.4 is 4.72 Å². The number of alkyl halides is 3. The normalized spacial score (nSPS) is 21.6. The molecule has 0 unspecified atom stereocenters. The van der Waals surface area contributed by atoms with Crippen molar-refractivity contribution in [3.63, 3.8) is 0 Å². The van der Waals surface area contributed by atoms with Gasteiger partial charge in [-0.1, -0.05) is 6.92 Å². The largest absolute Gasteiger partial charge is 0.516 e. The Bertz CT molecular complexity index is 422. The Morgan fingerprint density at radius 3 is 2.58 bits per heavy atom. The lowest BCUT2D eigenvalue weighted by Crippen LogP contribution is -2.41. The topological polar surface area (TPSA) is 66.5 Å². The molecular weight excluding hydrogens is 285 g/mol. The number of hydrogen-bond acceptors (Lipinski definition) is 4. The highest BCUT2D eigenvalue weighted by atomic mass is 32.2. The summed E-state index contributed by atoms with van der Waals surface area (Å²) in [5, 5.41) is 0. The minimum atomic E-state index is -5.58. The maximum absolute atomic E-state index is 12.0. The lowest BCUT2D eigenvalue weighted by atomic mass is 10.2. The quantitative estimate of drug-likeness (QED) is 0.829. The van der Waals surface area contributed by atoms with Gasteiger partial charge in [-0.05, 0) is 25.8 Å². The van der Waals surface area contributed by atoms with Crippen molar-refractivity contribution in [3.05, 3.63) is 0 Å². The molecule has 112 valence electrons. The van der Waals surface area contributed by atoms with E-state index < -0.39 is 21.4 Å². The molecule has 1 aliphatic rings. The minimum absolute atomic E-state index is 0.258. The Labute approximate surface area is 110 Å². The van der Waals surface area contributed by atoms with Crippen molar-refractivity contribution in [2.24, 2.45) is 0 Å². The summed E-state index contributed by atoms with van der Waals surface area (Å²) in [5.74, 6) is -1.13. The van der Waals surface area contributed by atoms with Gasteiger partial charge >= 0.3 is 15.5 Å². The summed E-state index contributed by atoms with van der Waals surface area (Å²) >= 11 is 0. The second-order valence-corrected chi connectivity index (χ2v) is 6.14. The highest BCUT2D eigenvalue weighted by Gasteiger charge is 2.46. The molecule has 1 fully saturated rings. The van der Waals surface area contributed by atoms with Crippen LogP contribution in [0.4, 0.5) is 13.2 Å². The van der Waals surface area contributed by atoms with E-state index in [0.717, 1.165) is 30.5 Å². The number of sulfonamides is 1. The molecule has 0 radical (unpaired) electrons. The van der Waals surface area contributed by atoms with Gasteiger partial charge in [0.25, 0.3) is 0 Å². The monoisotopic (exact) mass is 302 g/mol. The predicted molar refractivity (Wildman–Crippen MR) is 62.6 cm³/mol. The van der Waals surface area contributed by atoms with Crippen molar-refractivity contribution < 1.29 is 26.4 Å². The number of likely N-dealkylation sites (tertiary alicyclic amines) is 1. The fourth-order valence-electron chi connectivity index (χ4n) is 2.16. The molecule has 1 rings (SSSR count). The molecule has 0 aromatic heterocycles. The fraction of sp³-hybridized carbons (Fsp3) is 0.900. The average molecular weight is 302 g/mol. The molecule has 1 heterocycles. The lowest BCUT2D eigenvalue weighted by Gasteiger charge is -2.22. The Morgan fingerprint density at radius 1 is 1.42 bits per heavy atom. The molecular formula is C10H17F3N2O3S. The first-order valence-corrected chi connectivity index (χ1v) is 7.51. The Hall–Kier alpha value is -0.830. The van der Waals surface area contributed by atoms with Crippen LogP contribution in [0.5, 0.6) is 0 Å². The first-order chi connectivity index (χ1) is 8.67. The summed E-state index contributed by atoms with van der Waals surface area (Å²) in [6.45, 7) is 3.06. The second-order valence-electron chi connectivity index (χ2n) is 4.46. The molecule has 0 aromatic rings. The maximum atomic E-state index is 12.0. The number of nitrogens with one attached hydrogen (secondary N) is 1. The zero-order valence-corrected chi connectivity index (χ0v) is 11.4. The number of amides is 1. The van der Waals surface area contributed by atoms with Gasteiger partial charge in [0.1, 0.15) is 0 Å². The van der Waals surface area contributed by atoms with Crippen LogP contribution in [-0.4, -0.2) is 43.9 Å². The van der Waals surface area contributed by atoms with Gasteiger partial charge in [0, 0.05) is 19.0 Å².